The van der Waals surface area contributed by atoms with E-state index in [1.165, 1.54) is 0 Å². The molecule has 4 fully saturated rings. The average molecular weight is 580 g/mol. The molecule has 37 heavy (non-hydrogen) atoms. The Balaban J connectivity index is 1.28. The molecule has 6 rings (SSSR count). The standard InChI is InChI=1S/C26H32BrF2N5O3/c1-25(2,3)37-24(35)34-13-16-9-17(34)12-33(16)22-18-5-6-19(27)20(29)21(18)30-23(31-22)36-14-26-7-4-8-32(26)11-15(28)10-26/h5-6,15-17H,4,7-14H2,1-3H3/t15-,16-,17-,26+/m1/s1. The van der Waals surface area contributed by atoms with E-state index in [4.69, 9.17) is 14.5 Å². The number of hydrogen-bond donors (Lipinski definition) is 0. The lowest BCUT2D eigenvalue weighted by molar-refractivity contribution is 0.0214. The molecule has 1 aromatic heterocycles. The van der Waals surface area contributed by atoms with Gasteiger partial charge in [-0.2, -0.15) is 9.97 Å². The Bertz CT molecular complexity index is 1240. The molecule has 1 aromatic carbocycles. The third-order valence-electron chi connectivity index (χ3n) is 8.09. The van der Waals surface area contributed by atoms with Crippen molar-refractivity contribution in [3.63, 3.8) is 0 Å². The number of ether oxygens (including phenoxy) is 2. The maximum Gasteiger partial charge on any atom is 0.410 e. The average Bonchev–Trinajstić information content (AvgIpc) is 3.58. The van der Waals surface area contributed by atoms with Gasteiger partial charge in [-0.3, -0.25) is 4.90 Å². The molecule has 5 heterocycles. The second-order valence-electron chi connectivity index (χ2n) is 11.8. The lowest BCUT2D eigenvalue weighted by atomic mass is 9.95. The zero-order valence-electron chi connectivity index (χ0n) is 21.3. The van der Waals surface area contributed by atoms with Gasteiger partial charge in [0.05, 0.1) is 22.1 Å². The van der Waals surface area contributed by atoms with Crippen LogP contribution in [0, 0.1) is 5.82 Å². The van der Waals surface area contributed by atoms with E-state index >= 15 is 4.39 Å². The number of piperazine rings is 1. The fraction of sp³-hybridized carbons (Fsp3) is 0.654. The van der Waals surface area contributed by atoms with E-state index in [1.807, 2.05) is 20.8 Å². The summed E-state index contributed by atoms with van der Waals surface area (Å²) >= 11 is 3.27. The summed E-state index contributed by atoms with van der Waals surface area (Å²) in [6, 6.07) is 3.57. The summed E-state index contributed by atoms with van der Waals surface area (Å²) in [6.07, 6.45) is 1.92. The molecule has 4 aliphatic rings. The van der Waals surface area contributed by atoms with Crippen LogP contribution >= 0.6 is 15.9 Å². The summed E-state index contributed by atoms with van der Waals surface area (Å²) in [7, 11) is 0. The monoisotopic (exact) mass is 579 g/mol. The molecule has 8 nitrogen and oxygen atoms in total. The highest BCUT2D eigenvalue weighted by Gasteiger charge is 2.50. The van der Waals surface area contributed by atoms with Gasteiger partial charge in [0, 0.05) is 31.4 Å². The third-order valence-corrected chi connectivity index (χ3v) is 8.70. The number of rotatable bonds is 4. The first-order valence-corrected chi connectivity index (χ1v) is 13.8. The van der Waals surface area contributed by atoms with Crippen LogP contribution in [0.5, 0.6) is 6.01 Å². The molecule has 11 heteroatoms. The van der Waals surface area contributed by atoms with Crippen molar-refractivity contribution in [1.29, 1.82) is 0 Å². The summed E-state index contributed by atoms with van der Waals surface area (Å²) in [5.74, 6) is 0.120. The molecule has 1 amide bonds. The Labute approximate surface area is 223 Å². The molecule has 0 spiro atoms. The van der Waals surface area contributed by atoms with Crippen LogP contribution in [0.3, 0.4) is 0 Å². The molecular formula is C26H32BrF2N5O3. The Morgan fingerprint density at radius 2 is 2.03 bits per heavy atom. The first kappa shape index (κ1) is 25.0. The van der Waals surface area contributed by atoms with Gasteiger partial charge >= 0.3 is 12.1 Å². The summed E-state index contributed by atoms with van der Waals surface area (Å²) in [5, 5.41) is 0.592. The quantitative estimate of drug-likeness (QED) is 0.520. The van der Waals surface area contributed by atoms with Gasteiger partial charge in [0.15, 0.2) is 5.82 Å². The highest BCUT2D eigenvalue weighted by atomic mass is 79.9. The van der Waals surface area contributed by atoms with Crippen LogP contribution in [0.25, 0.3) is 10.9 Å². The van der Waals surface area contributed by atoms with E-state index < -0.39 is 17.6 Å². The van der Waals surface area contributed by atoms with Crippen molar-refractivity contribution in [3.8, 4) is 6.01 Å². The second kappa shape index (κ2) is 8.90. The van der Waals surface area contributed by atoms with Gasteiger partial charge in [-0.1, -0.05) is 0 Å². The molecule has 0 unspecified atom stereocenters. The number of carbonyl (C=O) groups is 1. The number of anilines is 1. The van der Waals surface area contributed by atoms with Crippen molar-refractivity contribution in [2.75, 3.05) is 37.7 Å². The minimum Gasteiger partial charge on any atom is -0.461 e. The van der Waals surface area contributed by atoms with Crippen LogP contribution in [0.1, 0.15) is 46.5 Å². The van der Waals surface area contributed by atoms with E-state index in [2.05, 4.69) is 30.7 Å². The van der Waals surface area contributed by atoms with Crippen molar-refractivity contribution >= 4 is 38.7 Å². The van der Waals surface area contributed by atoms with Gasteiger partial charge in [-0.05, 0) is 74.6 Å². The fourth-order valence-corrected chi connectivity index (χ4v) is 6.82. The lowest BCUT2D eigenvalue weighted by Crippen LogP contribution is -2.50. The number of alkyl halides is 1. The van der Waals surface area contributed by atoms with E-state index in [0.717, 1.165) is 25.8 Å². The van der Waals surface area contributed by atoms with Crippen LogP contribution in [0.4, 0.5) is 19.4 Å². The summed E-state index contributed by atoms with van der Waals surface area (Å²) < 4.78 is 41.5. The number of aromatic nitrogens is 2. The number of hydrogen-bond acceptors (Lipinski definition) is 7. The van der Waals surface area contributed by atoms with Crippen molar-refractivity contribution in [3.05, 3.63) is 22.4 Å². The van der Waals surface area contributed by atoms with Gasteiger partial charge in [-0.25, -0.2) is 13.6 Å². The summed E-state index contributed by atoms with van der Waals surface area (Å²) in [5.41, 5.74) is -0.736. The van der Waals surface area contributed by atoms with Crippen molar-refractivity contribution < 1.29 is 23.0 Å². The first-order chi connectivity index (χ1) is 17.5. The first-order valence-electron chi connectivity index (χ1n) is 13.0. The van der Waals surface area contributed by atoms with E-state index in [9.17, 15) is 9.18 Å². The number of halogens is 3. The predicted molar refractivity (Wildman–Crippen MR) is 138 cm³/mol. The molecule has 0 radical (unpaired) electrons. The summed E-state index contributed by atoms with van der Waals surface area (Å²) in [6.45, 7) is 8.21. The molecule has 0 saturated carbocycles. The molecule has 0 aliphatic carbocycles. The molecule has 200 valence electrons. The molecule has 4 saturated heterocycles. The number of likely N-dealkylation sites (tertiary alicyclic amines) is 1. The number of carbonyl (C=O) groups excluding carboxylic acids is 1. The third kappa shape index (κ3) is 4.41. The van der Waals surface area contributed by atoms with E-state index in [0.29, 0.717) is 41.7 Å². The number of fused-ring (bicyclic) bond motifs is 4. The number of nitrogens with zero attached hydrogens (tertiary/aromatic N) is 5. The second-order valence-corrected chi connectivity index (χ2v) is 12.6. The number of benzene rings is 1. The van der Waals surface area contributed by atoms with Crippen LogP contribution in [-0.2, 0) is 4.74 Å². The maximum absolute atomic E-state index is 15.2. The molecular weight excluding hydrogens is 548 g/mol. The van der Waals surface area contributed by atoms with E-state index in [-0.39, 0.29) is 41.8 Å². The SMILES string of the molecule is CC(C)(C)OC(=O)N1C[C@H]2C[C@@H]1CN2c1nc(OC[C@@]23CCCN2C[C@H](F)C3)nc2c(F)c(Br)ccc12. The molecule has 2 aromatic rings. The Morgan fingerprint density at radius 3 is 2.76 bits per heavy atom. The van der Waals surface area contributed by atoms with Crippen LogP contribution in [0.15, 0.2) is 16.6 Å². The van der Waals surface area contributed by atoms with Gasteiger partial charge in [0.1, 0.15) is 29.7 Å². The topological polar surface area (TPSA) is 71.0 Å². The van der Waals surface area contributed by atoms with Gasteiger partial charge < -0.3 is 19.3 Å². The van der Waals surface area contributed by atoms with Crippen molar-refractivity contribution in [2.45, 2.75) is 75.8 Å². The Hall–Kier alpha value is -2.27. The van der Waals surface area contributed by atoms with Crippen LogP contribution in [-0.4, -0.2) is 88.0 Å². The van der Waals surface area contributed by atoms with Crippen LogP contribution < -0.4 is 9.64 Å². The predicted octanol–water partition coefficient (Wildman–Crippen LogP) is 4.68. The maximum atomic E-state index is 15.2. The largest absolute Gasteiger partial charge is 0.461 e. The zero-order chi connectivity index (χ0) is 26.1. The van der Waals surface area contributed by atoms with Gasteiger partial charge in [-0.15, -0.1) is 0 Å². The molecule has 0 N–H and O–H groups in total. The van der Waals surface area contributed by atoms with Crippen LogP contribution in [0.2, 0.25) is 0 Å². The molecule has 4 aliphatic heterocycles. The smallest absolute Gasteiger partial charge is 0.410 e. The summed E-state index contributed by atoms with van der Waals surface area (Å²) in [4.78, 5) is 28.0. The Morgan fingerprint density at radius 1 is 1.22 bits per heavy atom. The van der Waals surface area contributed by atoms with Gasteiger partial charge in [0.2, 0.25) is 0 Å². The van der Waals surface area contributed by atoms with Gasteiger partial charge in [0.25, 0.3) is 0 Å². The lowest BCUT2D eigenvalue weighted by Gasteiger charge is -2.36. The normalized spacial score (nSPS) is 29.4. The van der Waals surface area contributed by atoms with Crippen molar-refractivity contribution in [1.82, 2.24) is 19.8 Å². The number of amides is 1. The highest BCUT2D eigenvalue weighted by Crippen LogP contribution is 2.42. The van der Waals surface area contributed by atoms with Crippen molar-refractivity contribution in [2.24, 2.45) is 0 Å². The fourth-order valence-electron chi connectivity index (χ4n) is 6.50. The zero-order valence-corrected chi connectivity index (χ0v) is 22.9. The molecule has 4 atom stereocenters. The van der Waals surface area contributed by atoms with E-state index in [1.54, 1.807) is 17.0 Å². The molecule has 2 bridgehead atoms. The minimum atomic E-state index is -0.863. The minimum absolute atomic E-state index is 0.0135. The Kier molecular flexibility index (Phi) is 6.02. The highest BCUT2D eigenvalue weighted by molar-refractivity contribution is 9.10.